The molecule has 2 atom stereocenters. The number of hydrogen-bond acceptors (Lipinski definition) is 3. The molecule has 0 heterocycles. The molecule has 1 saturated carbocycles. The normalized spacial score (nSPS) is 16.6. The number of carbonyl (C=O) groups is 1. The van der Waals surface area contributed by atoms with Crippen LogP contribution in [0, 0.1) is 12.8 Å². The van der Waals surface area contributed by atoms with Gasteiger partial charge in [-0.2, -0.15) is 0 Å². The van der Waals surface area contributed by atoms with Gasteiger partial charge in [0.05, 0.1) is 24.4 Å². The molecule has 0 aromatic heterocycles. The molecule has 174 valence electrons. The Morgan fingerprint density at radius 2 is 1.81 bits per heavy atom. The van der Waals surface area contributed by atoms with Gasteiger partial charge >= 0.3 is 5.97 Å². The average molecular weight is 439 g/mol. The number of aryl methyl sites for hydroxylation is 1. The third-order valence-corrected chi connectivity index (χ3v) is 6.65. The van der Waals surface area contributed by atoms with E-state index in [0.29, 0.717) is 18.1 Å². The minimum absolute atomic E-state index is 0.00369. The number of aromatic carboxylic acids is 1. The summed E-state index contributed by atoms with van der Waals surface area (Å²) in [5.74, 6) is -0.349. The summed E-state index contributed by atoms with van der Waals surface area (Å²) in [5.41, 5.74) is 4.05. The molecule has 4 nitrogen and oxygen atoms in total. The second-order valence-corrected chi connectivity index (χ2v) is 9.10. The Morgan fingerprint density at radius 3 is 2.50 bits per heavy atom. The number of carboxylic acids is 1. The van der Waals surface area contributed by atoms with Crippen molar-refractivity contribution in [3.8, 4) is 11.1 Å². The van der Waals surface area contributed by atoms with E-state index in [0.717, 1.165) is 41.7 Å². The minimum Gasteiger partial charge on any atom is -0.478 e. The van der Waals surface area contributed by atoms with Crippen LogP contribution in [-0.4, -0.2) is 29.9 Å². The van der Waals surface area contributed by atoms with Crippen molar-refractivity contribution in [2.45, 2.75) is 84.5 Å². The van der Waals surface area contributed by atoms with Crippen LogP contribution in [0.25, 0.3) is 11.1 Å². The molecule has 0 radical (unpaired) electrons. The fourth-order valence-corrected chi connectivity index (χ4v) is 4.77. The molecule has 0 amide bonds. The smallest absolute Gasteiger partial charge is 0.336 e. The van der Waals surface area contributed by atoms with Crippen LogP contribution < -0.4 is 0 Å². The van der Waals surface area contributed by atoms with E-state index in [9.17, 15) is 9.90 Å². The van der Waals surface area contributed by atoms with Gasteiger partial charge in [-0.15, -0.1) is 0 Å². The molecule has 1 fully saturated rings. The van der Waals surface area contributed by atoms with Crippen molar-refractivity contribution in [2.24, 2.45) is 5.92 Å². The van der Waals surface area contributed by atoms with Crippen molar-refractivity contribution < 1.29 is 19.4 Å². The predicted molar refractivity (Wildman–Crippen MR) is 129 cm³/mol. The van der Waals surface area contributed by atoms with Crippen molar-refractivity contribution >= 4 is 5.97 Å². The number of hydrogen-bond donors (Lipinski definition) is 1. The second kappa shape index (κ2) is 12.2. The van der Waals surface area contributed by atoms with E-state index in [1.165, 1.54) is 32.1 Å². The van der Waals surface area contributed by atoms with Crippen LogP contribution in [-0.2, 0) is 16.1 Å². The van der Waals surface area contributed by atoms with Gasteiger partial charge < -0.3 is 14.6 Å². The minimum atomic E-state index is -0.911. The highest BCUT2D eigenvalue weighted by molar-refractivity contribution is 5.96. The van der Waals surface area contributed by atoms with E-state index in [1.54, 1.807) is 6.07 Å². The van der Waals surface area contributed by atoms with Crippen LogP contribution >= 0.6 is 0 Å². The third kappa shape index (κ3) is 6.43. The molecule has 0 saturated heterocycles. The van der Waals surface area contributed by atoms with Gasteiger partial charge in [-0.05, 0) is 73.4 Å². The average Bonchev–Trinajstić information content (AvgIpc) is 2.81. The third-order valence-electron chi connectivity index (χ3n) is 6.65. The van der Waals surface area contributed by atoms with Gasteiger partial charge in [0.25, 0.3) is 0 Å². The van der Waals surface area contributed by atoms with Crippen molar-refractivity contribution in [3.63, 3.8) is 0 Å². The first-order valence-corrected chi connectivity index (χ1v) is 12.2. The predicted octanol–water partition coefficient (Wildman–Crippen LogP) is 7.03. The van der Waals surface area contributed by atoms with E-state index < -0.39 is 5.97 Å². The first-order valence-electron chi connectivity index (χ1n) is 12.2. The summed E-state index contributed by atoms with van der Waals surface area (Å²) in [6, 6.07) is 13.4. The molecule has 1 aliphatic rings. The molecule has 0 bridgehead atoms. The molecule has 1 aliphatic carbocycles. The van der Waals surface area contributed by atoms with Gasteiger partial charge in [-0.25, -0.2) is 4.79 Å². The van der Waals surface area contributed by atoms with Crippen LogP contribution in [0.2, 0.25) is 0 Å². The molecule has 1 N–H and O–H groups in total. The van der Waals surface area contributed by atoms with Crippen LogP contribution in [0.5, 0.6) is 0 Å². The highest BCUT2D eigenvalue weighted by Gasteiger charge is 2.29. The summed E-state index contributed by atoms with van der Waals surface area (Å²) in [7, 11) is 0. The summed E-state index contributed by atoms with van der Waals surface area (Å²) < 4.78 is 12.7. The standard InChI is InChI=1S/C28H38O4/c1-4-5-17-31-27(23-12-7-6-8-13-23)21(3)32-19-22-15-16-25(28(29)30)26(18-22)24-14-10-9-11-20(24)2/h9-11,14-16,18,21,23,27H,4-8,12-13,17,19H2,1-3H3,(H,29,30). The van der Waals surface area contributed by atoms with Crippen LogP contribution in [0.3, 0.4) is 0 Å². The lowest BCUT2D eigenvalue weighted by atomic mass is 9.83. The van der Waals surface area contributed by atoms with E-state index in [1.807, 2.05) is 43.3 Å². The van der Waals surface area contributed by atoms with Crippen molar-refractivity contribution in [2.75, 3.05) is 6.61 Å². The van der Waals surface area contributed by atoms with E-state index in [-0.39, 0.29) is 12.2 Å². The van der Waals surface area contributed by atoms with Crippen molar-refractivity contribution in [1.82, 2.24) is 0 Å². The Hall–Kier alpha value is -2.17. The monoisotopic (exact) mass is 438 g/mol. The largest absolute Gasteiger partial charge is 0.478 e. The van der Waals surface area contributed by atoms with E-state index in [2.05, 4.69) is 13.8 Å². The van der Waals surface area contributed by atoms with Gasteiger partial charge in [-0.1, -0.05) is 62.9 Å². The van der Waals surface area contributed by atoms with E-state index >= 15 is 0 Å². The Labute approximate surface area is 193 Å². The number of carboxylic acid groups (broad SMARTS) is 1. The molecule has 2 aromatic carbocycles. The molecular formula is C28H38O4. The van der Waals surface area contributed by atoms with E-state index in [4.69, 9.17) is 9.47 Å². The van der Waals surface area contributed by atoms with Gasteiger partial charge in [0.1, 0.15) is 0 Å². The summed E-state index contributed by atoms with van der Waals surface area (Å²) in [4.78, 5) is 11.8. The van der Waals surface area contributed by atoms with Gasteiger partial charge in [0.2, 0.25) is 0 Å². The summed E-state index contributed by atoms with van der Waals surface area (Å²) in [6.07, 6.45) is 8.64. The SMILES string of the molecule is CCCCOC(C1CCCCC1)C(C)OCc1ccc(C(=O)O)c(-c2ccccc2C)c1. The molecule has 32 heavy (non-hydrogen) atoms. The molecular weight excluding hydrogens is 400 g/mol. The number of unbranched alkanes of at least 4 members (excludes halogenated alkanes) is 1. The number of ether oxygens (including phenoxy) is 2. The molecule has 2 aromatic rings. The maximum Gasteiger partial charge on any atom is 0.336 e. The fourth-order valence-electron chi connectivity index (χ4n) is 4.77. The summed E-state index contributed by atoms with van der Waals surface area (Å²) >= 11 is 0. The van der Waals surface area contributed by atoms with Crippen LogP contribution in [0.15, 0.2) is 42.5 Å². The second-order valence-electron chi connectivity index (χ2n) is 9.10. The molecule has 0 aliphatic heterocycles. The number of benzene rings is 2. The maximum absolute atomic E-state index is 11.8. The fraction of sp³-hybridized carbons (Fsp3) is 0.536. The lowest BCUT2D eigenvalue weighted by Crippen LogP contribution is -2.37. The quantitative estimate of drug-likeness (QED) is 0.383. The Bertz CT molecular complexity index is 869. The van der Waals surface area contributed by atoms with Gasteiger partial charge in [0, 0.05) is 6.61 Å². The molecule has 0 spiro atoms. The maximum atomic E-state index is 11.8. The Morgan fingerprint density at radius 1 is 1.06 bits per heavy atom. The summed E-state index contributed by atoms with van der Waals surface area (Å²) in [5, 5.41) is 9.70. The van der Waals surface area contributed by atoms with Gasteiger partial charge in [0.15, 0.2) is 0 Å². The Kier molecular flexibility index (Phi) is 9.31. The molecule has 2 unspecified atom stereocenters. The van der Waals surface area contributed by atoms with Crippen LogP contribution in [0.4, 0.5) is 0 Å². The highest BCUT2D eigenvalue weighted by atomic mass is 16.5. The zero-order valence-electron chi connectivity index (χ0n) is 19.8. The van der Waals surface area contributed by atoms with Crippen LogP contribution in [0.1, 0.15) is 80.3 Å². The highest BCUT2D eigenvalue weighted by Crippen LogP contribution is 2.32. The zero-order chi connectivity index (χ0) is 22.9. The first kappa shape index (κ1) is 24.5. The summed E-state index contributed by atoms with van der Waals surface area (Å²) in [6.45, 7) is 7.55. The number of rotatable bonds is 11. The zero-order valence-corrected chi connectivity index (χ0v) is 19.8. The molecule has 3 rings (SSSR count). The van der Waals surface area contributed by atoms with Crippen molar-refractivity contribution in [1.29, 1.82) is 0 Å². The first-order chi connectivity index (χ1) is 15.5. The van der Waals surface area contributed by atoms with Gasteiger partial charge in [-0.3, -0.25) is 0 Å². The van der Waals surface area contributed by atoms with Crippen molar-refractivity contribution in [3.05, 3.63) is 59.2 Å². The molecule has 4 heteroatoms. The lowest BCUT2D eigenvalue weighted by molar-refractivity contribution is -0.102. The lowest BCUT2D eigenvalue weighted by Gasteiger charge is -2.34. The Balaban J connectivity index is 1.74. The topological polar surface area (TPSA) is 55.8 Å².